The first-order valence-electron chi connectivity index (χ1n) is 7.66. The van der Waals surface area contributed by atoms with Crippen LogP contribution in [0.1, 0.15) is 40.0 Å². The number of rotatable bonds is 4. The van der Waals surface area contributed by atoms with Crippen LogP contribution in [0.2, 0.25) is 0 Å². The Morgan fingerprint density at radius 2 is 2.15 bits per heavy atom. The minimum atomic E-state index is -0.152. The molecule has 0 radical (unpaired) electrons. The molecule has 3 rings (SSSR count). The molecule has 114 valence electrons. The number of allylic oxidation sites excluding steroid dienone is 1. The second-order valence-corrected chi connectivity index (χ2v) is 7.04. The monoisotopic (exact) mass is 281 g/mol. The zero-order valence-electron chi connectivity index (χ0n) is 13.0. The van der Waals surface area contributed by atoms with Gasteiger partial charge in [-0.25, -0.2) is 0 Å². The van der Waals surface area contributed by atoms with Gasteiger partial charge in [0.25, 0.3) is 0 Å². The molecule has 2 aliphatic heterocycles. The van der Waals surface area contributed by atoms with E-state index in [9.17, 15) is 0 Å². The second-order valence-electron chi connectivity index (χ2n) is 7.04. The van der Waals surface area contributed by atoms with E-state index in [-0.39, 0.29) is 35.4 Å². The second kappa shape index (κ2) is 4.80. The Morgan fingerprint density at radius 1 is 1.45 bits per heavy atom. The Hall–Kier alpha value is -0.420. The predicted octanol–water partition coefficient (Wildman–Crippen LogP) is 2.02. The Balaban J connectivity index is 1.78. The molecule has 3 fully saturated rings. The highest BCUT2D eigenvalue weighted by Gasteiger charge is 2.71. The van der Waals surface area contributed by atoms with Gasteiger partial charge in [0.05, 0.1) is 24.4 Å². The molecule has 0 aromatic heterocycles. The standard InChI is InChI=1S/C16H27NO3/c1-10(2)5-6-12-15(3,20-12)14-13(18-4)11(17)7-8-16(14)9-19-16/h5,11-14H,6-9,17H2,1-4H3. The lowest BCUT2D eigenvalue weighted by Crippen LogP contribution is -2.57. The average molecular weight is 281 g/mol. The van der Waals surface area contributed by atoms with Crippen LogP contribution >= 0.6 is 0 Å². The molecule has 2 saturated heterocycles. The van der Waals surface area contributed by atoms with Crippen LogP contribution in [-0.2, 0) is 14.2 Å². The third-order valence-corrected chi connectivity index (χ3v) is 5.34. The van der Waals surface area contributed by atoms with E-state index in [1.165, 1.54) is 5.57 Å². The molecule has 1 spiro atoms. The maximum Gasteiger partial charge on any atom is 0.101 e. The summed E-state index contributed by atoms with van der Waals surface area (Å²) in [5.74, 6) is 0.249. The van der Waals surface area contributed by atoms with Crippen molar-refractivity contribution in [3.63, 3.8) is 0 Å². The molecule has 1 saturated carbocycles. The molecule has 0 aromatic carbocycles. The zero-order chi connectivity index (χ0) is 14.5. The Morgan fingerprint density at radius 3 is 2.70 bits per heavy atom. The first kappa shape index (κ1) is 14.5. The molecular weight excluding hydrogens is 254 g/mol. The summed E-state index contributed by atoms with van der Waals surface area (Å²) in [5.41, 5.74) is 7.42. The topological polar surface area (TPSA) is 60.3 Å². The van der Waals surface area contributed by atoms with Crippen LogP contribution in [0.5, 0.6) is 0 Å². The molecule has 4 nitrogen and oxygen atoms in total. The predicted molar refractivity (Wildman–Crippen MR) is 77.5 cm³/mol. The fraction of sp³-hybridized carbons (Fsp3) is 0.875. The van der Waals surface area contributed by atoms with Gasteiger partial charge in [-0.3, -0.25) is 0 Å². The van der Waals surface area contributed by atoms with Crippen LogP contribution in [0.25, 0.3) is 0 Å². The molecule has 0 aromatic rings. The van der Waals surface area contributed by atoms with Crippen molar-refractivity contribution in [3.05, 3.63) is 11.6 Å². The third-order valence-electron chi connectivity index (χ3n) is 5.34. The van der Waals surface area contributed by atoms with Crippen molar-refractivity contribution in [2.24, 2.45) is 11.7 Å². The lowest BCUT2D eigenvalue weighted by molar-refractivity contribution is -0.0601. The van der Waals surface area contributed by atoms with Crippen LogP contribution in [0, 0.1) is 5.92 Å². The van der Waals surface area contributed by atoms with E-state index in [2.05, 4.69) is 26.8 Å². The lowest BCUT2D eigenvalue weighted by Gasteiger charge is -2.42. The molecule has 4 heteroatoms. The van der Waals surface area contributed by atoms with Gasteiger partial charge in [-0.2, -0.15) is 0 Å². The van der Waals surface area contributed by atoms with E-state index < -0.39 is 0 Å². The summed E-state index contributed by atoms with van der Waals surface area (Å²) in [7, 11) is 1.76. The molecular formula is C16H27NO3. The van der Waals surface area contributed by atoms with Crippen molar-refractivity contribution in [1.29, 1.82) is 0 Å². The summed E-state index contributed by atoms with van der Waals surface area (Å²) in [6, 6.07) is 0.0879. The number of methoxy groups -OCH3 is 1. The fourth-order valence-corrected chi connectivity index (χ4v) is 4.02. The number of ether oxygens (including phenoxy) is 3. The largest absolute Gasteiger partial charge is 0.379 e. The van der Waals surface area contributed by atoms with Crippen LogP contribution in [0.15, 0.2) is 11.6 Å². The van der Waals surface area contributed by atoms with Crippen molar-refractivity contribution in [3.8, 4) is 0 Å². The van der Waals surface area contributed by atoms with Crippen molar-refractivity contribution in [2.75, 3.05) is 13.7 Å². The number of hydrogen-bond acceptors (Lipinski definition) is 4. The van der Waals surface area contributed by atoms with Gasteiger partial charge in [0.15, 0.2) is 0 Å². The Kier molecular flexibility index (Phi) is 3.49. The molecule has 2 N–H and O–H groups in total. The minimum Gasteiger partial charge on any atom is -0.379 e. The fourth-order valence-electron chi connectivity index (χ4n) is 4.02. The maximum atomic E-state index is 6.27. The summed E-state index contributed by atoms with van der Waals surface area (Å²) in [4.78, 5) is 0. The van der Waals surface area contributed by atoms with Gasteiger partial charge in [-0.1, -0.05) is 11.6 Å². The van der Waals surface area contributed by atoms with Crippen LogP contribution in [0.3, 0.4) is 0 Å². The van der Waals surface area contributed by atoms with Gasteiger partial charge < -0.3 is 19.9 Å². The molecule has 0 amide bonds. The molecule has 2 heterocycles. The maximum absolute atomic E-state index is 6.27. The van der Waals surface area contributed by atoms with E-state index in [0.717, 1.165) is 25.9 Å². The Labute approximate surface area is 121 Å². The summed E-state index contributed by atoms with van der Waals surface area (Å²) >= 11 is 0. The van der Waals surface area contributed by atoms with Gasteiger partial charge in [-0.15, -0.1) is 0 Å². The molecule has 20 heavy (non-hydrogen) atoms. The summed E-state index contributed by atoms with van der Waals surface area (Å²) in [6.07, 6.45) is 5.54. The highest BCUT2D eigenvalue weighted by atomic mass is 16.6. The number of epoxide rings is 2. The van der Waals surface area contributed by atoms with Gasteiger partial charge in [0.1, 0.15) is 5.60 Å². The third kappa shape index (κ3) is 2.23. The molecule has 6 atom stereocenters. The lowest BCUT2D eigenvalue weighted by atomic mass is 9.67. The first-order valence-corrected chi connectivity index (χ1v) is 7.66. The molecule has 3 aliphatic rings. The smallest absolute Gasteiger partial charge is 0.101 e. The van der Waals surface area contributed by atoms with Crippen LogP contribution < -0.4 is 5.73 Å². The highest BCUT2D eigenvalue weighted by molar-refractivity contribution is 5.21. The van der Waals surface area contributed by atoms with Crippen molar-refractivity contribution >= 4 is 0 Å². The van der Waals surface area contributed by atoms with Gasteiger partial charge in [-0.05, 0) is 40.0 Å². The van der Waals surface area contributed by atoms with E-state index >= 15 is 0 Å². The molecule has 0 bridgehead atoms. The highest BCUT2D eigenvalue weighted by Crippen LogP contribution is 2.59. The Bertz CT molecular complexity index is 414. The van der Waals surface area contributed by atoms with Crippen molar-refractivity contribution in [2.45, 2.75) is 69.5 Å². The molecule has 6 unspecified atom stereocenters. The SMILES string of the molecule is COC1C(N)CCC2(CO2)C1C1(C)OC1CC=C(C)C. The number of nitrogens with two attached hydrogens (primary N) is 1. The summed E-state index contributed by atoms with van der Waals surface area (Å²) in [6.45, 7) is 7.28. The number of hydrogen-bond donors (Lipinski definition) is 1. The van der Waals surface area contributed by atoms with E-state index in [1.807, 2.05) is 0 Å². The minimum absolute atomic E-state index is 0.0351. The first-order chi connectivity index (χ1) is 9.43. The molecule has 1 aliphatic carbocycles. The van der Waals surface area contributed by atoms with E-state index in [0.29, 0.717) is 0 Å². The van der Waals surface area contributed by atoms with E-state index in [4.69, 9.17) is 19.9 Å². The van der Waals surface area contributed by atoms with Gasteiger partial charge in [0.2, 0.25) is 0 Å². The zero-order valence-corrected chi connectivity index (χ0v) is 13.0. The van der Waals surface area contributed by atoms with Gasteiger partial charge in [0, 0.05) is 19.1 Å². The average Bonchev–Trinajstić information content (AvgIpc) is 3.29. The van der Waals surface area contributed by atoms with Crippen molar-refractivity contribution < 1.29 is 14.2 Å². The summed E-state index contributed by atoms with van der Waals surface area (Å²) < 4.78 is 17.7. The van der Waals surface area contributed by atoms with Crippen LogP contribution in [-0.4, -0.2) is 43.2 Å². The quantitative estimate of drug-likeness (QED) is 0.632. The van der Waals surface area contributed by atoms with Gasteiger partial charge >= 0.3 is 0 Å². The normalized spacial score (nSPS) is 50.0. The van der Waals surface area contributed by atoms with Crippen LogP contribution in [0.4, 0.5) is 0 Å². The van der Waals surface area contributed by atoms with E-state index in [1.54, 1.807) is 7.11 Å². The van der Waals surface area contributed by atoms with Crippen molar-refractivity contribution in [1.82, 2.24) is 0 Å². The summed E-state index contributed by atoms with van der Waals surface area (Å²) in [5, 5.41) is 0.